The van der Waals surface area contributed by atoms with E-state index >= 15 is 0 Å². The van der Waals surface area contributed by atoms with E-state index in [4.69, 9.17) is 5.11 Å². The Kier molecular flexibility index (Phi) is 5.23. The molecule has 0 saturated carbocycles. The van der Waals surface area contributed by atoms with Crippen LogP contribution < -0.4 is 10.1 Å². The van der Waals surface area contributed by atoms with Gasteiger partial charge in [0.15, 0.2) is 6.10 Å². The third kappa shape index (κ3) is 6.11. The molecule has 0 bridgehead atoms. The zero-order chi connectivity index (χ0) is 15.4. The van der Waals surface area contributed by atoms with Crippen molar-refractivity contribution in [3.8, 4) is 5.75 Å². The van der Waals surface area contributed by atoms with Gasteiger partial charge in [-0.25, -0.2) is 0 Å². The molecule has 0 aliphatic rings. The van der Waals surface area contributed by atoms with E-state index in [1.165, 1.54) is 17.4 Å². The molecule has 0 unspecified atom stereocenters. The van der Waals surface area contributed by atoms with Crippen LogP contribution in [-0.2, 0) is 6.54 Å². The number of alkyl halides is 6. The lowest BCUT2D eigenvalue weighted by Gasteiger charge is -2.13. The second kappa shape index (κ2) is 6.31. The van der Waals surface area contributed by atoms with Crippen molar-refractivity contribution in [1.29, 1.82) is 0 Å². The molecule has 1 rings (SSSR count). The summed E-state index contributed by atoms with van der Waals surface area (Å²) in [6, 6.07) is 4.74. The minimum Gasteiger partial charge on any atom is -0.406 e. The lowest BCUT2D eigenvalue weighted by atomic mass is 10.2. The molecular weight excluding hydrogens is 292 g/mol. The maximum Gasteiger partial charge on any atom is 0.573 e. The number of nitrogens with two attached hydrogens (primary N) is 1. The summed E-state index contributed by atoms with van der Waals surface area (Å²) in [6.07, 6.45) is -11.9. The normalized spacial score (nSPS) is 14.2. The van der Waals surface area contributed by atoms with E-state index in [2.05, 4.69) is 4.74 Å². The summed E-state index contributed by atoms with van der Waals surface area (Å²) in [6.45, 7) is -0.482. The van der Waals surface area contributed by atoms with E-state index in [0.29, 0.717) is 5.56 Å². The smallest absolute Gasteiger partial charge is 0.406 e. The van der Waals surface area contributed by atoms with Gasteiger partial charge < -0.3 is 15.2 Å². The Balaban J connectivity index is 2.43. The number of halogens is 6. The van der Waals surface area contributed by atoms with Gasteiger partial charge in [-0.3, -0.25) is 0 Å². The highest BCUT2D eigenvalue weighted by molar-refractivity contribution is 5.26. The number of aliphatic hydroxyl groups excluding tert-OH is 1. The Morgan fingerprint density at radius 2 is 1.60 bits per heavy atom. The first-order valence-corrected chi connectivity index (χ1v) is 5.49. The fourth-order valence-electron chi connectivity index (χ4n) is 1.37. The van der Waals surface area contributed by atoms with Crippen LogP contribution >= 0.6 is 0 Å². The summed E-state index contributed by atoms with van der Waals surface area (Å²) in [5, 5.41) is 9.94. The average Bonchev–Trinajstić information content (AvgIpc) is 2.28. The van der Waals surface area contributed by atoms with Crippen molar-refractivity contribution >= 4 is 0 Å². The summed E-state index contributed by atoms with van der Waals surface area (Å²) in [5.74, 6) is -0.406. The summed E-state index contributed by atoms with van der Waals surface area (Å²) in [5.41, 5.74) is 0.508. The van der Waals surface area contributed by atoms with Crippen LogP contribution in [0.25, 0.3) is 0 Å². The molecule has 0 saturated heterocycles. The third-order valence-corrected chi connectivity index (χ3v) is 2.30. The highest BCUT2D eigenvalue weighted by Crippen LogP contribution is 2.22. The second-order valence-corrected chi connectivity index (χ2v) is 3.98. The van der Waals surface area contributed by atoms with Gasteiger partial charge in [-0.1, -0.05) is 0 Å². The van der Waals surface area contributed by atoms with E-state index in [1.807, 2.05) is 0 Å². The highest BCUT2D eigenvalue weighted by atomic mass is 19.4. The van der Waals surface area contributed by atoms with Gasteiger partial charge in [-0.15, -0.1) is 13.2 Å². The summed E-state index contributed by atoms with van der Waals surface area (Å²) in [4.78, 5) is 0. The van der Waals surface area contributed by atoms with Crippen molar-refractivity contribution in [2.75, 3.05) is 6.54 Å². The Morgan fingerprint density at radius 3 is 2.05 bits per heavy atom. The molecule has 0 heterocycles. The molecule has 114 valence electrons. The zero-order valence-corrected chi connectivity index (χ0v) is 10.0. The SMILES string of the molecule is O[C@H](C[NH2+]Cc1ccc(OC(F)(F)F)cc1)C(F)(F)F. The molecule has 0 spiro atoms. The Bertz CT molecular complexity index is 414. The van der Waals surface area contributed by atoms with Crippen molar-refractivity contribution in [2.24, 2.45) is 0 Å². The molecule has 1 aromatic carbocycles. The van der Waals surface area contributed by atoms with Gasteiger partial charge in [0.25, 0.3) is 0 Å². The fourth-order valence-corrected chi connectivity index (χ4v) is 1.37. The van der Waals surface area contributed by atoms with Gasteiger partial charge in [0, 0.05) is 5.56 Å². The molecule has 1 aromatic rings. The number of hydrogen-bond acceptors (Lipinski definition) is 2. The van der Waals surface area contributed by atoms with Crippen LogP contribution in [0.5, 0.6) is 5.75 Å². The summed E-state index contributed by atoms with van der Waals surface area (Å²) < 4.78 is 75.3. The van der Waals surface area contributed by atoms with Crippen LogP contribution in [0, 0.1) is 0 Å². The minimum atomic E-state index is -4.79. The molecule has 1 atom stereocenters. The van der Waals surface area contributed by atoms with E-state index in [-0.39, 0.29) is 6.54 Å². The second-order valence-electron chi connectivity index (χ2n) is 3.98. The maximum absolute atomic E-state index is 12.0. The molecule has 0 aliphatic carbocycles. The van der Waals surface area contributed by atoms with Crippen molar-refractivity contribution in [3.05, 3.63) is 29.8 Å². The number of quaternary nitrogens is 1. The van der Waals surface area contributed by atoms with Crippen LogP contribution in [-0.4, -0.2) is 30.3 Å². The molecular formula is C11H12F6NO2+. The lowest BCUT2D eigenvalue weighted by Crippen LogP contribution is -2.85. The number of ether oxygens (including phenoxy) is 1. The van der Waals surface area contributed by atoms with Gasteiger partial charge in [0.2, 0.25) is 0 Å². The van der Waals surface area contributed by atoms with Gasteiger partial charge in [0.1, 0.15) is 18.8 Å². The van der Waals surface area contributed by atoms with Crippen LogP contribution in [0.3, 0.4) is 0 Å². The molecule has 0 aliphatic heterocycles. The van der Waals surface area contributed by atoms with Gasteiger partial charge in [0.05, 0.1) is 0 Å². The van der Waals surface area contributed by atoms with Crippen molar-refractivity contribution in [1.82, 2.24) is 0 Å². The van der Waals surface area contributed by atoms with E-state index < -0.39 is 30.9 Å². The molecule has 0 amide bonds. The fraction of sp³-hybridized carbons (Fsp3) is 0.455. The maximum atomic E-state index is 12.0. The Labute approximate surface area is 110 Å². The molecule has 3 nitrogen and oxygen atoms in total. The molecule has 0 aromatic heterocycles. The molecule has 0 radical (unpaired) electrons. The zero-order valence-electron chi connectivity index (χ0n) is 10.0. The summed E-state index contributed by atoms with van der Waals surface area (Å²) >= 11 is 0. The lowest BCUT2D eigenvalue weighted by molar-refractivity contribution is -0.680. The van der Waals surface area contributed by atoms with E-state index in [0.717, 1.165) is 12.1 Å². The quantitative estimate of drug-likeness (QED) is 0.811. The first-order chi connectivity index (χ1) is 9.08. The molecule has 20 heavy (non-hydrogen) atoms. The molecule has 3 N–H and O–H groups in total. The predicted molar refractivity (Wildman–Crippen MR) is 55.7 cm³/mol. The number of aliphatic hydroxyl groups is 1. The first-order valence-electron chi connectivity index (χ1n) is 5.49. The van der Waals surface area contributed by atoms with Crippen molar-refractivity contribution in [2.45, 2.75) is 25.2 Å². The van der Waals surface area contributed by atoms with E-state index in [9.17, 15) is 26.3 Å². The Morgan fingerprint density at radius 1 is 1.05 bits per heavy atom. The van der Waals surface area contributed by atoms with E-state index in [1.54, 1.807) is 0 Å². The minimum absolute atomic E-state index is 0.0967. The predicted octanol–water partition coefficient (Wildman–Crippen LogP) is 1.57. The number of benzene rings is 1. The van der Waals surface area contributed by atoms with Crippen molar-refractivity contribution < 1.29 is 41.5 Å². The van der Waals surface area contributed by atoms with Crippen LogP contribution in [0.4, 0.5) is 26.3 Å². The third-order valence-electron chi connectivity index (χ3n) is 2.30. The monoisotopic (exact) mass is 304 g/mol. The average molecular weight is 304 g/mol. The number of hydrogen-bond donors (Lipinski definition) is 2. The standard InChI is InChI=1S/C11H11F6NO2/c12-10(13,14)9(19)6-18-5-7-1-3-8(4-2-7)20-11(15,16)17/h1-4,9,18-19H,5-6H2/p+1/t9-/m1/s1. The number of rotatable bonds is 5. The highest BCUT2D eigenvalue weighted by Gasteiger charge is 2.39. The van der Waals surface area contributed by atoms with Gasteiger partial charge in [-0.05, 0) is 24.3 Å². The topological polar surface area (TPSA) is 46.1 Å². The van der Waals surface area contributed by atoms with Gasteiger partial charge >= 0.3 is 12.5 Å². The largest absolute Gasteiger partial charge is 0.573 e. The first kappa shape index (κ1) is 16.6. The van der Waals surface area contributed by atoms with Crippen LogP contribution in [0.2, 0.25) is 0 Å². The van der Waals surface area contributed by atoms with Crippen molar-refractivity contribution in [3.63, 3.8) is 0 Å². The molecule has 9 heteroatoms. The summed E-state index contributed by atoms with van der Waals surface area (Å²) in [7, 11) is 0. The van der Waals surface area contributed by atoms with Crippen LogP contribution in [0.15, 0.2) is 24.3 Å². The van der Waals surface area contributed by atoms with Crippen LogP contribution in [0.1, 0.15) is 5.56 Å². The van der Waals surface area contributed by atoms with Gasteiger partial charge in [-0.2, -0.15) is 13.2 Å². The Hall–Kier alpha value is -1.48. The molecule has 0 fully saturated rings.